The number of anilines is 1. The number of aliphatic hydroxyl groups is 2. The van der Waals surface area contributed by atoms with Crippen molar-refractivity contribution >= 4 is 40.5 Å². The number of carboxylic acids is 2. The third-order valence-electron chi connectivity index (χ3n) is 4.38. The Bertz CT molecular complexity index is 992. The number of imidazole rings is 1. The third-order valence-corrected chi connectivity index (χ3v) is 4.55. The van der Waals surface area contributed by atoms with E-state index in [4.69, 9.17) is 33.2 Å². The normalized spacial score (nSPS) is 14.7. The molecule has 0 unspecified atom stereocenters. The van der Waals surface area contributed by atoms with E-state index in [1.807, 2.05) is 0 Å². The number of nitrogens with zero attached hydrogens (tertiary/aromatic N) is 4. The van der Waals surface area contributed by atoms with Crippen LogP contribution in [0.25, 0.3) is 11.2 Å². The van der Waals surface area contributed by atoms with Crippen LogP contribution in [0.5, 0.6) is 0 Å². The molecule has 0 spiro atoms. The van der Waals surface area contributed by atoms with Crippen LogP contribution in [0, 0.1) is 12.3 Å². The van der Waals surface area contributed by atoms with Crippen LogP contribution in [0.3, 0.4) is 0 Å². The second-order valence-corrected chi connectivity index (χ2v) is 6.58. The van der Waals surface area contributed by atoms with Gasteiger partial charge in [-0.1, -0.05) is 12.8 Å². The van der Waals surface area contributed by atoms with Gasteiger partial charge >= 0.3 is 11.9 Å². The van der Waals surface area contributed by atoms with Gasteiger partial charge in [0, 0.05) is 0 Å². The lowest BCUT2D eigenvalue weighted by atomic mass is 10.0. The van der Waals surface area contributed by atoms with Gasteiger partial charge in [0.1, 0.15) is 11.6 Å². The minimum atomic E-state index is -2.55. The third kappa shape index (κ3) is 4.84. The van der Waals surface area contributed by atoms with Crippen LogP contribution in [0.2, 0.25) is 5.28 Å². The molecule has 0 aliphatic rings. The molecule has 0 aromatic carbocycles. The van der Waals surface area contributed by atoms with E-state index in [0.29, 0.717) is 0 Å². The summed E-state index contributed by atoms with van der Waals surface area (Å²) in [4.78, 5) is 34.6. The molecule has 0 saturated heterocycles. The van der Waals surface area contributed by atoms with Crippen LogP contribution < -0.4 is 5.73 Å². The van der Waals surface area contributed by atoms with Gasteiger partial charge in [-0.15, -0.1) is 6.42 Å². The van der Waals surface area contributed by atoms with Crippen LogP contribution in [0.15, 0.2) is 6.33 Å². The van der Waals surface area contributed by atoms with Crippen LogP contribution in [0.4, 0.5) is 5.82 Å². The zero-order valence-electron chi connectivity index (χ0n) is 16.2. The van der Waals surface area contributed by atoms with Gasteiger partial charge in [0.25, 0.3) is 5.60 Å². The van der Waals surface area contributed by atoms with Gasteiger partial charge in [-0.3, -0.25) is 4.57 Å². The molecule has 0 bridgehead atoms. The average molecular weight is 458 g/mol. The number of terminal acetylenes is 1. The Hall–Kier alpha value is -3.02. The lowest BCUT2D eigenvalue weighted by Gasteiger charge is -2.29. The van der Waals surface area contributed by atoms with Crippen molar-refractivity contribution < 1.29 is 39.5 Å². The van der Waals surface area contributed by atoms with Gasteiger partial charge in [0.15, 0.2) is 23.8 Å². The molecule has 168 valence electrons. The molecule has 2 aromatic rings. The van der Waals surface area contributed by atoms with Gasteiger partial charge in [-0.25, -0.2) is 14.6 Å². The molecule has 0 saturated carbocycles. The molecule has 0 amide bonds. The molecular weight excluding hydrogens is 438 g/mol. The molecule has 14 heteroatoms. The van der Waals surface area contributed by atoms with Gasteiger partial charge in [-0.05, 0) is 18.0 Å². The lowest BCUT2D eigenvalue weighted by molar-refractivity contribution is -0.196. The SMILES string of the molecule is C#C[C@@H](O)[C@@H](O[C@@H](CO)COC(CC)(C(=O)O)C(=O)O)n1cnc2c(N)nc(Cl)nc21. The van der Waals surface area contributed by atoms with Gasteiger partial charge in [0.05, 0.1) is 19.5 Å². The molecule has 2 rings (SSSR count). The maximum atomic E-state index is 11.4. The van der Waals surface area contributed by atoms with Gasteiger partial charge in [-0.2, -0.15) is 9.97 Å². The number of aromatic nitrogens is 4. The van der Waals surface area contributed by atoms with Crippen LogP contribution in [-0.2, 0) is 19.1 Å². The highest BCUT2D eigenvalue weighted by molar-refractivity contribution is 6.28. The Morgan fingerprint density at radius 1 is 1.39 bits per heavy atom. The lowest BCUT2D eigenvalue weighted by Crippen LogP contribution is -2.50. The van der Waals surface area contributed by atoms with Gasteiger partial charge < -0.3 is 35.6 Å². The van der Waals surface area contributed by atoms with E-state index in [2.05, 4.69) is 20.9 Å². The highest BCUT2D eigenvalue weighted by atomic mass is 35.5. The Morgan fingerprint density at radius 2 is 2.03 bits per heavy atom. The molecule has 0 aliphatic heterocycles. The number of halogens is 1. The summed E-state index contributed by atoms with van der Waals surface area (Å²) in [6, 6.07) is 0. The number of nitrogens with two attached hydrogens (primary N) is 1. The quantitative estimate of drug-likeness (QED) is 0.161. The molecule has 2 heterocycles. The molecule has 31 heavy (non-hydrogen) atoms. The van der Waals surface area contributed by atoms with Crippen LogP contribution in [0.1, 0.15) is 19.6 Å². The Labute approximate surface area is 180 Å². The Morgan fingerprint density at radius 3 is 2.55 bits per heavy atom. The summed E-state index contributed by atoms with van der Waals surface area (Å²) in [5.74, 6) is -1.42. The highest BCUT2D eigenvalue weighted by Gasteiger charge is 2.47. The average Bonchev–Trinajstić information content (AvgIpc) is 3.13. The summed E-state index contributed by atoms with van der Waals surface area (Å²) >= 11 is 5.82. The van der Waals surface area contributed by atoms with Crippen molar-refractivity contribution in [1.82, 2.24) is 19.5 Å². The first-order valence-corrected chi connectivity index (χ1v) is 9.15. The predicted octanol–water partition coefficient (Wildman–Crippen LogP) is -0.733. The monoisotopic (exact) mass is 457 g/mol. The molecule has 6 N–H and O–H groups in total. The summed E-state index contributed by atoms with van der Waals surface area (Å²) in [5, 5.41) is 38.3. The molecule has 13 nitrogen and oxygen atoms in total. The number of hydrogen-bond donors (Lipinski definition) is 5. The van der Waals surface area contributed by atoms with Crippen molar-refractivity contribution in [2.75, 3.05) is 18.9 Å². The van der Waals surface area contributed by atoms with E-state index >= 15 is 0 Å². The maximum Gasteiger partial charge on any atom is 0.347 e. The van der Waals surface area contributed by atoms with Crippen molar-refractivity contribution in [2.24, 2.45) is 0 Å². The first-order valence-electron chi connectivity index (χ1n) is 8.78. The van der Waals surface area contributed by atoms with Crippen LogP contribution >= 0.6 is 11.6 Å². The summed E-state index contributed by atoms with van der Waals surface area (Å²) in [7, 11) is 0. The topological polar surface area (TPSA) is 203 Å². The predicted molar refractivity (Wildman–Crippen MR) is 105 cm³/mol. The highest BCUT2D eigenvalue weighted by Crippen LogP contribution is 2.26. The van der Waals surface area contributed by atoms with E-state index in [9.17, 15) is 30.0 Å². The number of ether oxygens (including phenoxy) is 2. The molecular formula is C17H20ClN5O8. The number of fused-ring (bicyclic) bond motifs is 1. The van der Waals surface area contributed by atoms with Crippen molar-refractivity contribution in [3.05, 3.63) is 11.6 Å². The minimum Gasteiger partial charge on any atom is -0.479 e. The molecule has 3 atom stereocenters. The van der Waals surface area contributed by atoms with Crippen molar-refractivity contribution in [3.8, 4) is 12.3 Å². The Kier molecular flexibility index (Phi) is 7.71. The second kappa shape index (κ2) is 9.86. The molecule has 0 fully saturated rings. The summed E-state index contributed by atoms with van der Waals surface area (Å²) in [6.45, 7) is -0.0635. The largest absolute Gasteiger partial charge is 0.479 e. The smallest absolute Gasteiger partial charge is 0.347 e. The number of aliphatic hydroxyl groups excluding tert-OH is 2. The van der Waals surface area contributed by atoms with E-state index in [1.54, 1.807) is 0 Å². The zero-order valence-corrected chi connectivity index (χ0v) is 16.9. The van der Waals surface area contributed by atoms with E-state index in [-0.39, 0.29) is 22.3 Å². The molecule has 0 aliphatic carbocycles. The summed E-state index contributed by atoms with van der Waals surface area (Å²) in [5.41, 5.74) is 3.40. The molecule has 2 aromatic heterocycles. The fourth-order valence-corrected chi connectivity index (χ4v) is 2.83. The van der Waals surface area contributed by atoms with E-state index in [0.717, 1.165) is 0 Å². The van der Waals surface area contributed by atoms with Crippen molar-refractivity contribution in [1.29, 1.82) is 0 Å². The number of carbonyl (C=O) groups is 2. The maximum absolute atomic E-state index is 11.4. The number of aliphatic carboxylic acids is 2. The number of carboxylic acid groups (broad SMARTS) is 2. The zero-order chi connectivity index (χ0) is 23.3. The van der Waals surface area contributed by atoms with E-state index in [1.165, 1.54) is 17.8 Å². The van der Waals surface area contributed by atoms with Crippen LogP contribution in [-0.4, -0.2) is 82.9 Å². The number of hydrogen-bond acceptors (Lipinski definition) is 10. The van der Waals surface area contributed by atoms with Crippen molar-refractivity contribution in [2.45, 2.75) is 37.4 Å². The fraction of sp³-hybridized carbons (Fsp3) is 0.471. The van der Waals surface area contributed by atoms with E-state index < -0.39 is 55.6 Å². The van der Waals surface area contributed by atoms with Crippen molar-refractivity contribution in [3.63, 3.8) is 0 Å². The number of rotatable bonds is 11. The summed E-state index contributed by atoms with van der Waals surface area (Å²) in [6.07, 6.45) is 1.82. The summed E-state index contributed by atoms with van der Waals surface area (Å²) < 4.78 is 11.9. The molecule has 0 radical (unpaired) electrons. The standard InChI is InChI=1S/C17H20ClN5O8/c1-3-9(25)13(23-7-20-10-11(19)21-16(18)22-12(10)23)31-8(5-24)6-30-17(4-2,14(26)27)15(28)29/h1,7-9,13,24-25H,4-6H2,2H3,(H,26,27)(H,28,29)(H2,19,21,22)/t8-,9+,13+/m0/s1. The second-order valence-electron chi connectivity index (χ2n) is 6.25. The Balaban J connectivity index is 2.35. The number of nitrogen functional groups attached to an aromatic ring is 1. The first-order chi connectivity index (χ1) is 14.6. The van der Waals surface area contributed by atoms with Gasteiger partial charge in [0.2, 0.25) is 5.28 Å². The fourth-order valence-electron chi connectivity index (χ4n) is 2.66. The minimum absolute atomic E-state index is 0.0413. The first kappa shape index (κ1) is 24.3.